The van der Waals surface area contributed by atoms with Crippen molar-refractivity contribution in [3.05, 3.63) is 83.9 Å². The topological polar surface area (TPSA) is 80.6 Å². The molecule has 0 amide bonds. The van der Waals surface area contributed by atoms with Gasteiger partial charge in [0.2, 0.25) is 0 Å². The van der Waals surface area contributed by atoms with Crippen molar-refractivity contribution >= 4 is 27.6 Å². The molecule has 0 radical (unpaired) electrons. The van der Waals surface area contributed by atoms with Crippen molar-refractivity contribution < 1.29 is 4.74 Å². The SMILES string of the molecule is CC#N.COc1ccc(-c2c3ccccc3c(C=C(C#N)C#N)c3ccccc23)cc1. The Bertz CT molecular complexity index is 1320. The van der Waals surface area contributed by atoms with Gasteiger partial charge in [0.1, 0.15) is 23.5 Å². The zero-order chi connectivity index (χ0) is 22.2. The van der Waals surface area contributed by atoms with Crippen LogP contribution in [0.3, 0.4) is 0 Å². The molecule has 0 aliphatic heterocycles. The summed E-state index contributed by atoms with van der Waals surface area (Å²) in [6.07, 6.45) is 1.68. The van der Waals surface area contributed by atoms with Crippen molar-refractivity contribution in [3.63, 3.8) is 0 Å². The van der Waals surface area contributed by atoms with Crippen LogP contribution in [0.4, 0.5) is 0 Å². The molecule has 4 aromatic rings. The number of hydrogen-bond donors (Lipinski definition) is 0. The molecule has 4 aromatic carbocycles. The molecule has 0 fully saturated rings. The highest BCUT2D eigenvalue weighted by Gasteiger charge is 2.14. The third kappa shape index (κ3) is 4.23. The molecule has 0 spiro atoms. The first-order chi connectivity index (χ1) is 15.2. The van der Waals surface area contributed by atoms with Crippen LogP contribution in [0.15, 0.2) is 78.4 Å². The second-order valence-electron chi connectivity index (χ2n) is 6.61. The average molecular weight is 401 g/mol. The van der Waals surface area contributed by atoms with E-state index in [1.54, 1.807) is 19.3 Å². The van der Waals surface area contributed by atoms with E-state index in [0.717, 1.165) is 44.0 Å². The standard InChI is InChI=1S/C25H16N2O.C2H3N/c1-28-19-12-10-18(11-13-19)25-22-8-4-2-6-20(22)24(14-17(15-26)16-27)21-7-3-5-9-23(21)25;1-2-3/h2-14H,1H3;1H3. The van der Waals surface area contributed by atoms with Crippen LogP contribution in [0.25, 0.3) is 38.7 Å². The van der Waals surface area contributed by atoms with Gasteiger partial charge in [-0.15, -0.1) is 0 Å². The highest BCUT2D eigenvalue weighted by molar-refractivity contribution is 6.17. The maximum atomic E-state index is 9.26. The Morgan fingerprint density at radius 1 is 0.742 bits per heavy atom. The first-order valence-electron chi connectivity index (χ1n) is 9.59. The van der Waals surface area contributed by atoms with Crippen LogP contribution < -0.4 is 4.74 Å². The zero-order valence-electron chi connectivity index (χ0n) is 17.3. The number of rotatable bonds is 3. The van der Waals surface area contributed by atoms with Gasteiger partial charge < -0.3 is 4.74 Å². The Balaban J connectivity index is 0.000000858. The first kappa shape index (κ1) is 21.1. The van der Waals surface area contributed by atoms with E-state index in [-0.39, 0.29) is 5.57 Å². The van der Waals surface area contributed by atoms with Crippen LogP contribution in [0.1, 0.15) is 12.5 Å². The van der Waals surface area contributed by atoms with Gasteiger partial charge >= 0.3 is 0 Å². The van der Waals surface area contributed by atoms with Crippen LogP contribution in [0.5, 0.6) is 5.75 Å². The minimum Gasteiger partial charge on any atom is -0.497 e. The highest BCUT2D eigenvalue weighted by atomic mass is 16.5. The average Bonchev–Trinajstić information content (AvgIpc) is 2.82. The van der Waals surface area contributed by atoms with E-state index >= 15 is 0 Å². The van der Waals surface area contributed by atoms with E-state index in [9.17, 15) is 10.5 Å². The molecule has 0 unspecified atom stereocenters. The summed E-state index contributed by atoms with van der Waals surface area (Å²) in [6, 6.07) is 29.9. The lowest BCUT2D eigenvalue weighted by molar-refractivity contribution is 0.415. The molecule has 148 valence electrons. The van der Waals surface area contributed by atoms with Gasteiger partial charge in [-0.1, -0.05) is 60.7 Å². The van der Waals surface area contributed by atoms with Crippen LogP contribution in [-0.2, 0) is 0 Å². The first-order valence-corrected chi connectivity index (χ1v) is 9.59. The third-order valence-electron chi connectivity index (χ3n) is 4.88. The smallest absolute Gasteiger partial charge is 0.130 e. The van der Waals surface area contributed by atoms with Gasteiger partial charge in [0.25, 0.3) is 0 Å². The van der Waals surface area contributed by atoms with Gasteiger partial charge in [0, 0.05) is 6.92 Å². The molecule has 0 aromatic heterocycles. The molecule has 0 aliphatic rings. The summed E-state index contributed by atoms with van der Waals surface area (Å²) >= 11 is 0. The lowest BCUT2D eigenvalue weighted by Gasteiger charge is -2.16. The molecular formula is C27H19N3O. The van der Waals surface area contributed by atoms with Gasteiger partial charge in [0.15, 0.2) is 0 Å². The maximum Gasteiger partial charge on any atom is 0.130 e. The predicted octanol–water partition coefficient (Wildman–Crippen LogP) is 6.63. The minimum absolute atomic E-state index is 0.0903. The van der Waals surface area contributed by atoms with Crippen LogP contribution >= 0.6 is 0 Å². The fraction of sp³-hybridized carbons (Fsp3) is 0.0741. The number of nitrogens with zero attached hydrogens (tertiary/aromatic N) is 3. The molecule has 0 saturated carbocycles. The molecule has 31 heavy (non-hydrogen) atoms. The Morgan fingerprint density at radius 2 is 1.19 bits per heavy atom. The summed E-state index contributed by atoms with van der Waals surface area (Å²) in [7, 11) is 1.66. The summed E-state index contributed by atoms with van der Waals surface area (Å²) in [5.74, 6) is 0.810. The Kier molecular flexibility index (Phi) is 6.64. The molecule has 0 aliphatic carbocycles. The van der Waals surface area contributed by atoms with Crippen molar-refractivity contribution in [3.8, 4) is 35.1 Å². The molecule has 0 bridgehead atoms. The zero-order valence-corrected chi connectivity index (χ0v) is 17.3. The fourth-order valence-corrected chi connectivity index (χ4v) is 3.62. The number of methoxy groups -OCH3 is 1. The molecular weight excluding hydrogens is 382 g/mol. The van der Waals surface area contributed by atoms with E-state index < -0.39 is 0 Å². The Hall–Kier alpha value is -4.59. The second kappa shape index (κ2) is 9.75. The van der Waals surface area contributed by atoms with E-state index in [1.165, 1.54) is 6.92 Å². The number of benzene rings is 4. The lowest BCUT2D eigenvalue weighted by Crippen LogP contribution is -1.91. The summed E-state index contributed by atoms with van der Waals surface area (Å²) in [6.45, 7) is 1.43. The predicted molar refractivity (Wildman–Crippen MR) is 124 cm³/mol. The van der Waals surface area contributed by atoms with Gasteiger partial charge in [-0.25, -0.2) is 0 Å². The van der Waals surface area contributed by atoms with Gasteiger partial charge in [0.05, 0.1) is 13.2 Å². The summed E-state index contributed by atoms with van der Waals surface area (Å²) < 4.78 is 5.30. The van der Waals surface area contributed by atoms with Crippen molar-refractivity contribution in [1.82, 2.24) is 0 Å². The monoisotopic (exact) mass is 401 g/mol. The van der Waals surface area contributed by atoms with Gasteiger partial charge in [-0.05, 0) is 56.4 Å². The van der Waals surface area contributed by atoms with Crippen LogP contribution in [0.2, 0.25) is 0 Å². The number of fused-ring (bicyclic) bond motifs is 2. The molecule has 0 saturated heterocycles. The van der Waals surface area contributed by atoms with Crippen molar-refractivity contribution in [1.29, 1.82) is 15.8 Å². The molecule has 4 nitrogen and oxygen atoms in total. The van der Waals surface area contributed by atoms with Crippen LogP contribution in [0, 0.1) is 34.0 Å². The summed E-state index contributed by atoms with van der Waals surface area (Å²) in [4.78, 5) is 0. The summed E-state index contributed by atoms with van der Waals surface area (Å²) in [5, 5.41) is 30.0. The van der Waals surface area contributed by atoms with E-state index in [0.29, 0.717) is 0 Å². The summed E-state index contributed by atoms with van der Waals surface area (Å²) in [5.41, 5.74) is 3.19. The number of hydrogen-bond acceptors (Lipinski definition) is 4. The van der Waals surface area contributed by atoms with E-state index in [2.05, 4.69) is 24.3 Å². The van der Waals surface area contributed by atoms with Gasteiger partial charge in [-0.2, -0.15) is 15.8 Å². The van der Waals surface area contributed by atoms with Crippen molar-refractivity contribution in [2.24, 2.45) is 0 Å². The molecule has 0 N–H and O–H groups in total. The minimum atomic E-state index is 0.0903. The third-order valence-corrected chi connectivity index (χ3v) is 4.88. The number of nitriles is 3. The number of allylic oxidation sites excluding steroid dienone is 1. The number of ether oxygens (including phenoxy) is 1. The molecule has 0 atom stereocenters. The van der Waals surface area contributed by atoms with Crippen LogP contribution in [-0.4, -0.2) is 7.11 Å². The normalized spacial score (nSPS) is 9.52. The van der Waals surface area contributed by atoms with Crippen molar-refractivity contribution in [2.45, 2.75) is 6.92 Å². The maximum absolute atomic E-state index is 9.26. The molecule has 4 heteroatoms. The molecule has 4 rings (SSSR count). The highest BCUT2D eigenvalue weighted by Crippen LogP contribution is 2.40. The fourth-order valence-electron chi connectivity index (χ4n) is 3.62. The Labute approximate surface area is 181 Å². The van der Waals surface area contributed by atoms with E-state index in [1.807, 2.05) is 60.7 Å². The van der Waals surface area contributed by atoms with E-state index in [4.69, 9.17) is 10.00 Å². The Morgan fingerprint density at radius 3 is 1.61 bits per heavy atom. The molecule has 0 heterocycles. The lowest BCUT2D eigenvalue weighted by atomic mass is 9.88. The van der Waals surface area contributed by atoms with Gasteiger partial charge in [-0.3, -0.25) is 0 Å². The largest absolute Gasteiger partial charge is 0.497 e. The van der Waals surface area contributed by atoms with Crippen molar-refractivity contribution in [2.75, 3.05) is 7.11 Å². The second-order valence-corrected chi connectivity index (χ2v) is 6.61. The quantitative estimate of drug-likeness (QED) is 0.285.